The molecule has 1 aliphatic rings. The van der Waals surface area contributed by atoms with Crippen molar-refractivity contribution in [3.05, 3.63) is 100 Å². The van der Waals surface area contributed by atoms with Crippen LogP contribution in [0.5, 0.6) is 5.75 Å². The lowest BCUT2D eigenvalue weighted by molar-refractivity contribution is -0.231. The van der Waals surface area contributed by atoms with Gasteiger partial charge in [-0.25, -0.2) is 0 Å². The number of terminal acetylenes is 1. The number of hydrogen-bond acceptors (Lipinski definition) is 9. The molecule has 0 amide bonds. The second kappa shape index (κ2) is 17.8. The highest BCUT2D eigenvalue weighted by molar-refractivity contribution is 6.31. The molecule has 1 aliphatic heterocycles. The van der Waals surface area contributed by atoms with Crippen LogP contribution in [0.1, 0.15) is 35.3 Å². The summed E-state index contributed by atoms with van der Waals surface area (Å²) in [6.45, 7) is 2.06. The number of halogens is 1. The molecule has 1 saturated heterocycles. The highest BCUT2D eigenvalue weighted by atomic mass is 35.5. The Kier molecular flexibility index (Phi) is 14.3. The number of carboxylic acids is 1. The normalized spacial score (nSPS) is 22.3. The van der Waals surface area contributed by atoms with Crippen molar-refractivity contribution in [3.8, 4) is 18.1 Å². The van der Waals surface area contributed by atoms with Crippen LogP contribution in [0.25, 0.3) is 0 Å². The van der Waals surface area contributed by atoms with Crippen molar-refractivity contribution in [2.45, 2.75) is 62.4 Å². The summed E-state index contributed by atoms with van der Waals surface area (Å²) in [6, 6.07) is 21.3. The van der Waals surface area contributed by atoms with E-state index in [9.17, 15) is 25.2 Å². The molecule has 0 saturated carbocycles. The lowest BCUT2D eigenvalue weighted by atomic mass is 9.90. The third-order valence-electron chi connectivity index (χ3n) is 7.10. The molecule has 0 spiro atoms. The number of rotatable bonds is 12. The largest absolute Gasteiger partial charge is 0.488 e. The number of aliphatic carboxylic acids is 1. The molecular weight excluding hydrogens is 602 g/mol. The maximum Gasteiger partial charge on any atom is 0.320 e. The fourth-order valence-corrected chi connectivity index (χ4v) is 4.88. The number of hydrogen-bond donors (Lipinski definition) is 6. The van der Waals surface area contributed by atoms with E-state index in [4.69, 9.17) is 43.1 Å². The van der Waals surface area contributed by atoms with Crippen LogP contribution in [0.15, 0.2) is 72.8 Å². The fourth-order valence-electron chi connectivity index (χ4n) is 4.70. The molecule has 242 valence electrons. The van der Waals surface area contributed by atoms with Crippen LogP contribution in [-0.4, -0.2) is 87.9 Å². The number of ether oxygens (including phenoxy) is 3. The van der Waals surface area contributed by atoms with E-state index in [0.717, 1.165) is 16.7 Å². The molecule has 10 nitrogen and oxygen atoms in total. The number of aliphatic hydroxyl groups is 4. The predicted molar refractivity (Wildman–Crippen MR) is 169 cm³/mol. The molecule has 7 atom stereocenters. The van der Waals surface area contributed by atoms with Gasteiger partial charge in [0.2, 0.25) is 0 Å². The molecule has 7 N–H and O–H groups in total. The third kappa shape index (κ3) is 10.8. The number of aliphatic hydroxyl groups excluding tert-OH is 4. The Bertz CT molecular complexity index is 1380. The van der Waals surface area contributed by atoms with Crippen molar-refractivity contribution >= 4 is 17.6 Å². The van der Waals surface area contributed by atoms with Gasteiger partial charge in [0.1, 0.15) is 55.0 Å². The van der Waals surface area contributed by atoms with Gasteiger partial charge in [0.05, 0.1) is 13.2 Å². The first kappa shape index (κ1) is 36.0. The van der Waals surface area contributed by atoms with E-state index in [1.807, 2.05) is 61.5 Å². The van der Waals surface area contributed by atoms with Crippen molar-refractivity contribution in [3.63, 3.8) is 0 Å². The molecule has 1 heterocycles. The van der Waals surface area contributed by atoms with Crippen molar-refractivity contribution in [1.29, 1.82) is 0 Å². The zero-order valence-corrected chi connectivity index (χ0v) is 25.7. The van der Waals surface area contributed by atoms with Crippen LogP contribution in [0, 0.1) is 12.3 Å². The second-order valence-electron chi connectivity index (χ2n) is 10.7. The van der Waals surface area contributed by atoms with Crippen LogP contribution in [0.2, 0.25) is 5.02 Å². The van der Waals surface area contributed by atoms with E-state index in [1.54, 1.807) is 18.2 Å². The molecule has 11 heteroatoms. The van der Waals surface area contributed by atoms with Crippen molar-refractivity contribution in [2.24, 2.45) is 5.73 Å². The summed E-state index contributed by atoms with van der Waals surface area (Å²) in [5, 5.41) is 49.0. The summed E-state index contributed by atoms with van der Waals surface area (Å²) >= 11 is 6.40. The Labute approximate surface area is 268 Å². The summed E-state index contributed by atoms with van der Waals surface area (Å²) in [5.74, 6) is 2.16. The van der Waals surface area contributed by atoms with E-state index in [2.05, 4.69) is 5.92 Å². The minimum absolute atomic E-state index is 0.145. The van der Waals surface area contributed by atoms with Gasteiger partial charge in [0.15, 0.2) is 0 Å². The minimum atomic E-state index is -1.44. The third-order valence-corrected chi connectivity index (χ3v) is 7.47. The smallest absolute Gasteiger partial charge is 0.320 e. The van der Waals surface area contributed by atoms with Crippen LogP contribution < -0.4 is 10.5 Å². The molecule has 0 radical (unpaired) electrons. The van der Waals surface area contributed by atoms with Gasteiger partial charge in [-0.3, -0.25) is 4.79 Å². The maximum absolute atomic E-state index is 10.4. The Morgan fingerprint density at radius 1 is 1.02 bits per heavy atom. The summed E-state index contributed by atoms with van der Waals surface area (Å²) in [7, 11) is 0. The van der Waals surface area contributed by atoms with Gasteiger partial charge in [0, 0.05) is 5.02 Å². The lowest BCUT2D eigenvalue weighted by Gasteiger charge is -2.40. The van der Waals surface area contributed by atoms with Crippen LogP contribution in [-0.2, 0) is 27.1 Å². The highest BCUT2D eigenvalue weighted by Gasteiger charge is 2.44. The number of carboxylic acid groups (broad SMARTS) is 1. The maximum atomic E-state index is 10.4. The fraction of sp³-hybridized carbons (Fsp3) is 0.382. The Hall–Kier alpha value is -3.50. The molecular formula is C34H40ClNO9. The van der Waals surface area contributed by atoms with E-state index in [1.165, 1.54) is 0 Å². The van der Waals surface area contributed by atoms with E-state index >= 15 is 0 Å². The molecule has 0 aromatic heterocycles. The van der Waals surface area contributed by atoms with Crippen LogP contribution in [0.3, 0.4) is 0 Å². The lowest BCUT2D eigenvalue weighted by Crippen LogP contribution is -2.55. The minimum Gasteiger partial charge on any atom is -0.488 e. The van der Waals surface area contributed by atoms with E-state index in [-0.39, 0.29) is 12.7 Å². The summed E-state index contributed by atoms with van der Waals surface area (Å²) < 4.78 is 16.8. The van der Waals surface area contributed by atoms with Gasteiger partial charge in [0.25, 0.3) is 0 Å². The Morgan fingerprint density at radius 2 is 1.71 bits per heavy atom. The van der Waals surface area contributed by atoms with Crippen molar-refractivity contribution in [2.75, 3.05) is 19.8 Å². The van der Waals surface area contributed by atoms with Gasteiger partial charge in [-0.1, -0.05) is 72.1 Å². The Morgan fingerprint density at radius 3 is 2.33 bits per heavy atom. The topological polar surface area (TPSA) is 172 Å². The highest BCUT2D eigenvalue weighted by Crippen LogP contribution is 2.34. The Balaban J connectivity index is 0.000000385. The zero-order chi connectivity index (χ0) is 32.9. The van der Waals surface area contributed by atoms with Crippen LogP contribution >= 0.6 is 11.6 Å². The molecule has 3 aromatic rings. The van der Waals surface area contributed by atoms with Crippen molar-refractivity contribution < 1.29 is 44.5 Å². The van der Waals surface area contributed by atoms with Gasteiger partial charge in [-0.15, -0.1) is 6.42 Å². The van der Waals surface area contributed by atoms with E-state index < -0.39 is 49.1 Å². The first-order valence-corrected chi connectivity index (χ1v) is 14.8. The summed E-state index contributed by atoms with van der Waals surface area (Å²) in [4.78, 5) is 10.4. The molecule has 3 aromatic carbocycles. The van der Waals surface area contributed by atoms with Gasteiger partial charge < -0.3 is 45.5 Å². The predicted octanol–water partition coefficient (Wildman–Crippen LogP) is 2.50. The number of carbonyl (C=O) groups is 1. The monoisotopic (exact) mass is 641 g/mol. The van der Waals surface area contributed by atoms with Crippen LogP contribution in [0.4, 0.5) is 0 Å². The zero-order valence-electron chi connectivity index (χ0n) is 24.9. The van der Waals surface area contributed by atoms with Gasteiger partial charge in [-0.2, -0.15) is 0 Å². The van der Waals surface area contributed by atoms with Gasteiger partial charge >= 0.3 is 5.97 Å². The summed E-state index contributed by atoms with van der Waals surface area (Å²) in [6.07, 6.45) is -0.148. The summed E-state index contributed by atoms with van der Waals surface area (Å²) in [5.41, 5.74) is 8.68. The standard InChI is InChI=1S/C25H29ClO7.C9H11NO2/c1-3-10-31-14-15(2)32-19-7-4-16(5-8-19)11-18-12-17(6-9-20(18)26)25-24(30)23(29)22(28)21(13-27)33-25;10-8(9(11)12)6-7-4-2-1-3-5-7/h1,4-9,12,15,21-25,27-30H,10-11,13-14H2,2H3;1-5,8H,6,10H2,(H,11,12)/t15?,21-,22-,23+,24-,25+;8-/m10/s1. The first-order chi connectivity index (χ1) is 21.5. The number of benzene rings is 3. The average Bonchev–Trinajstić information content (AvgIpc) is 3.03. The van der Waals surface area contributed by atoms with E-state index in [0.29, 0.717) is 35.8 Å². The molecule has 0 aliphatic carbocycles. The SMILES string of the molecule is C#CCOCC(C)Oc1ccc(Cc2cc([C@@H]3O[C@H](CO)[C@@H](O)[C@H](O)[C@H]3O)ccc2Cl)cc1.N[C@@H](Cc1ccccc1)C(=O)O. The number of nitrogens with two attached hydrogens (primary N) is 1. The molecule has 1 unspecified atom stereocenters. The van der Waals surface area contributed by atoms with Gasteiger partial charge in [-0.05, 0) is 60.2 Å². The quantitative estimate of drug-likeness (QED) is 0.127. The van der Waals surface area contributed by atoms with Crippen molar-refractivity contribution in [1.82, 2.24) is 0 Å². The molecule has 45 heavy (non-hydrogen) atoms. The second-order valence-corrected chi connectivity index (χ2v) is 11.1. The molecule has 1 fully saturated rings. The average molecular weight is 642 g/mol. The molecule has 0 bridgehead atoms. The molecule has 4 rings (SSSR count). The first-order valence-electron chi connectivity index (χ1n) is 14.4.